The minimum atomic E-state index is 0.243. The van der Waals surface area contributed by atoms with Gasteiger partial charge in [0.15, 0.2) is 0 Å². The normalized spacial score (nSPS) is 10.3. The van der Waals surface area contributed by atoms with Crippen LogP contribution in [-0.4, -0.2) is 22.3 Å². The zero-order valence-electron chi connectivity index (χ0n) is 3.87. The lowest BCUT2D eigenvalue weighted by Crippen LogP contribution is -2.20. The SMILES string of the molecule is CCN(OO)OO. The maximum absolute atomic E-state index is 7.67. The molecule has 44 valence electrons. The van der Waals surface area contributed by atoms with Gasteiger partial charge in [-0.15, -0.1) is 9.98 Å². The van der Waals surface area contributed by atoms with Gasteiger partial charge in [-0.1, -0.05) is 0 Å². The number of rotatable bonds is 3. The van der Waals surface area contributed by atoms with Gasteiger partial charge < -0.3 is 0 Å². The lowest BCUT2D eigenvalue weighted by Gasteiger charge is -2.06. The summed E-state index contributed by atoms with van der Waals surface area (Å²) in [5, 5.41) is 15.8. The van der Waals surface area contributed by atoms with E-state index in [1.807, 2.05) is 0 Å². The minimum Gasteiger partial charge on any atom is -0.231 e. The molecule has 0 aromatic rings. The van der Waals surface area contributed by atoms with E-state index >= 15 is 0 Å². The third-order valence-corrected chi connectivity index (χ3v) is 0.440. The summed E-state index contributed by atoms with van der Waals surface area (Å²) >= 11 is 0. The first-order valence-electron chi connectivity index (χ1n) is 1.75. The Bertz CT molecular complexity index is 31.2. The molecule has 0 unspecified atom stereocenters. The highest BCUT2D eigenvalue weighted by Crippen LogP contribution is 1.81. The van der Waals surface area contributed by atoms with Crippen LogP contribution in [0.3, 0.4) is 0 Å². The largest absolute Gasteiger partial charge is 0.231 e. The Balaban J connectivity index is 2.99. The Labute approximate surface area is 40.4 Å². The van der Waals surface area contributed by atoms with Crippen LogP contribution in [-0.2, 0) is 9.98 Å². The van der Waals surface area contributed by atoms with E-state index in [4.69, 9.17) is 10.5 Å². The molecule has 0 aliphatic rings. The third kappa shape index (κ3) is 2.49. The number of hydrogen-bond acceptors (Lipinski definition) is 5. The van der Waals surface area contributed by atoms with E-state index in [0.29, 0.717) is 5.23 Å². The fourth-order valence-electron chi connectivity index (χ4n) is 0.130. The van der Waals surface area contributed by atoms with Gasteiger partial charge in [-0.05, 0) is 12.2 Å². The average molecular weight is 109 g/mol. The van der Waals surface area contributed by atoms with Gasteiger partial charge in [-0.2, -0.15) is 0 Å². The molecular weight excluding hydrogens is 102 g/mol. The molecule has 0 radical (unpaired) electrons. The lowest BCUT2D eigenvalue weighted by molar-refractivity contribution is -0.582. The van der Waals surface area contributed by atoms with E-state index in [-0.39, 0.29) is 6.54 Å². The van der Waals surface area contributed by atoms with Crippen LogP contribution >= 0.6 is 0 Å². The van der Waals surface area contributed by atoms with Crippen molar-refractivity contribution in [3.05, 3.63) is 0 Å². The smallest absolute Gasteiger partial charge is 0.0550 e. The van der Waals surface area contributed by atoms with E-state index < -0.39 is 0 Å². The van der Waals surface area contributed by atoms with Crippen LogP contribution < -0.4 is 0 Å². The van der Waals surface area contributed by atoms with Gasteiger partial charge in [-0.25, -0.2) is 10.5 Å². The predicted octanol–water partition coefficient (Wildman–Crippen LogP) is 0.117. The molecule has 0 fully saturated rings. The summed E-state index contributed by atoms with van der Waals surface area (Å²) in [7, 11) is 0. The molecule has 0 heterocycles. The highest BCUT2D eigenvalue weighted by Gasteiger charge is 1.96. The molecule has 0 aliphatic carbocycles. The Morgan fingerprint density at radius 2 is 1.86 bits per heavy atom. The first kappa shape index (κ1) is 6.80. The number of nitrogens with zero attached hydrogens (tertiary/aromatic N) is 1. The lowest BCUT2D eigenvalue weighted by atomic mass is 10.8. The first-order valence-corrected chi connectivity index (χ1v) is 1.75. The topological polar surface area (TPSA) is 62.2 Å². The Kier molecular flexibility index (Phi) is 3.86. The van der Waals surface area contributed by atoms with Crippen LogP contribution in [0.25, 0.3) is 0 Å². The van der Waals surface area contributed by atoms with E-state index in [0.717, 1.165) is 0 Å². The molecule has 0 atom stereocenters. The van der Waals surface area contributed by atoms with Gasteiger partial charge in [0.25, 0.3) is 0 Å². The molecule has 0 rings (SSSR count). The molecule has 0 aliphatic heterocycles. The highest BCUT2D eigenvalue weighted by atomic mass is 17.4. The molecule has 0 aromatic carbocycles. The highest BCUT2D eigenvalue weighted by molar-refractivity contribution is 4.07. The summed E-state index contributed by atoms with van der Waals surface area (Å²) in [5.41, 5.74) is 0. The van der Waals surface area contributed by atoms with Crippen molar-refractivity contribution >= 4 is 0 Å². The summed E-state index contributed by atoms with van der Waals surface area (Å²) in [4.78, 5) is 6.82. The molecule has 0 spiro atoms. The zero-order valence-corrected chi connectivity index (χ0v) is 3.87. The van der Waals surface area contributed by atoms with Gasteiger partial charge >= 0.3 is 0 Å². The van der Waals surface area contributed by atoms with Crippen molar-refractivity contribution < 1.29 is 20.5 Å². The standard InChI is InChI=1S/C2H7NO4/c1-2-3(6-4)7-5/h4-5H,2H2,1H3. The molecule has 5 heteroatoms. The molecule has 0 bridgehead atoms. The third-order valence-electron chi connectivity index (χ3n) is 0.440. The zero-order chi connectivity index (χ0) is 5.70. The Hall–Kier alpha value is -0.200. The van der Waals surface area contributed by atoms with Gasteiger partial charge in [0, 0.05) is 0 Å². The van der Waals surface area contributed by atoms with Gasteiger partial charge in [0.05, 0.1) is 6.54 Å². The monoisotopic (exact) mass is 109 g/mol. The average Bonchev–Trinajstić information content (AvgIpc) is 1.72. The Morgan fingerprint density at radius 1 is 1.43 bits per heavy atom. The van der Waals surface area contributed by atoms with Crippen molar-refractivity contribution in [2.75, 3.05) is 6.54 Å². The van der Waals surface area contributed by atoms with Crippen molar-refractivity contribution in [3.63, 3.8) is 0 Å². The van der Waals surface area contributed by atoms with Crippen molar-refractivity contribution in [2.24, 2.45) is 0 Å². The molecule has 0 aromatic heterocycles. The van der Waals surface area contributed by atoms with Crippen molar-refractivity contribution in [1.29, 1.82) is 0 Å². The van der Waals surface area contributed by atoms with E-state index in [1.54, 1.807) is 6.92 Å². The van der Waals surface area contributed by atoms with Crippen molar-refractivity contribution in [3.8, 4) is 0 Å². The fraction of sp³-hybridized carbons (Fsp3) is 1.00. The number of hydrogen-bond donors (Lipinski definition) is 2. The fourth-order valence-corrected chi connectivity index (χ4v) is 0.130. The summed E-state index contributed by atoms with van der Waals surface area (Å²) in [5.74, 6) is 0. The summed E-state index contributed by atoms with van der Waals surface area (Å²) in [6.07, 6.45) is 0. The second kappa shape index (κ2) is 3.97. The van der Waals surface area contributed by atoms with Gasteiger partial charge in [-0.3, -0.25) is 0 Å². The molecule has 2 N–H and O–H groups in total. The molecule has 7 heavy (non-hydrogen) atoms. The quantitative estimate of drug-likeness (QED) is 0.398. The number of hydroxylamine groups is 2. The first-order chi connectivity index (χ1) is 3.35. The van der Waals surface area contributed by atoms with E-state index in [1.165, 1.54) is 0 Å². The van der Waals surface area contributed by atoms with Gasteiger partial charge in [0.1, 0.15) is 0 Å². The van der Waals surface area contributed by atoms with Crippen LogP contribution in [0, 0.1) is 0 Å². The molecule has 0 saturated carbocycles. The molecule has 0 saturated heterocycles. The summed E-state index contributed by atoms with van der Waals surface area (Å²) in [6, 6.07) is 0. The van der Waals surface area contributed by atoms with E-state index in [9.17, 15) is 0 Å². The minimum absolute atomic E-state index is 0.243. The molecule has 5 nitrogen and oxygen atoms in total. The van der Waals surface area contributed by atoms with Crippen LogP contribution in [0.4, 0.5) is 0 Å². The van der Waals surface area contributed by atoms with Crippen molar-refractivity contribution in [2.45, 2.75) is 6.92 Å². The van der Waals surface area contributed by atoms with Crippen LogP contribution in [0.15, 0.2) is 0 Å². The maximum Gasteiger partial charge on any atom is 0.0550 e. The second-order valence-electron chi connectivity index (χ2n) is 0.812. The van der Waals surface area contributed by atoms with Crippen molar-refractivity contribution in [1.82, 2.24) is 5.23 Å². The van der Waals surface area contributed by atoms with Crippen LogP contribution in [0.2, 0.25) is 0 Å². The van der Waals surface area contributed by atoms with Crippen LogP contribution in [0.5, 0.6) is 0 Å². The maximum atomic E-state index is 7.67. The predicted molar refractivity (Wildman–Crippen MR) is 19.8 cm³/mol. The molecular formula is C2H7NO4. The van der Waals surface area contributed by atoms with Gasteiger partial charge in [0.2, 0.25) is 0 Å². The molecule has 0 amide bonds. The Morgan fingerprint density at radius 3 is 1.86 bits per heavy atom. The summed E-state index contributed by atoms with van der Waals surface area (Å²) < 4.78 is 0. The van der Waals surface area contributed by atoms with E-state index in [2.05, 4.69) is 9.98 Å². The second-order valence-corrected chi connectivity index (χ2v) is 0.812. The summed E-state index contributed by atoms with van der Waals surface area (Å²) in [6.45, 7) is 1.86. The van der Waals surface area contributed by atoms with Crippen LogP contribution in [0.1, 0.15) is 6.92 Å².